The molecule has 0 unspecified atom stereocenters. The summed E-state index contributed by atoms with van der Waals surface area (Å²) < 4.78 is 15.2. The van der Waals surface area contributed by atoms with E-state index in [1.54, 1.807) is 0 Å². The van der Waals surface area contributed by atoms with E-state index in [0.717, 1.165) is 71.8 Å². The molecule has 10 aromatic rings. The maximum Gasteiger partial charge on any atom is 0.136 e. The smallest absolute Gasteiger partial charge is 0.136 e. The van der Waals surface area contributed by atoms with E-state index in [-0.39, 0.29) is 0 Å². The Morgan fingerprint density at radius 1 is 0.447 bits per heavy atom. The molecule has 0 aliphatic carbocycles. The fraction of sp³-hybridized carbons (Fsp3) is 0. The van der Waals surface area contributed by atoms with Crippen LogP contribution < -0.4 is 0 Å². The maximum absolute atomic E-state index is 9.26. The van der Waals surface area contributed by atoms with Crippen molar-refractivity contribution in [2.24, 2.45) is 0 Å². The number of rotatable bonds is 3. The van der Waals surface area contributed by atoms with E-state index in [1.807, 2.05) is 42.5 Å². The van der Waals surface area contributed by atoms with Gasteiger partial charge in [0, 0.05) is 37.9 Å². The molecule has 0 spiro atoms. The Morgan fingerprint density at radius 3 is 1.60 bits per heavy atom. The normalized spacial score (nSPS) is 11.8. The van der Waals surface area contributed by atoms with E-state index in [0.29, 0.717) is 5.56 Å². The third kappa shape index (κ3) is 3.75. The largest absolute Gasteiger partial charge is 0.456 e. The van der Waals surface area contributed by atoms with E-state index in [2.05, 4.69) is 114 Å². The minimum absolute atomic E-state index is 0.644. The van der Waals surface area contributed by atoms with E-state index in [9.17, 15) is 5.26 Å². The summed E-state index contributed by atoms with van der Waals surface area (Å²) in [7, 11) is 0. The number of hydrogen-bond acceptors (Lipinski definition) is 3. The van der Waals surface area contributed by atoms with Crippen molar-refractivity contribution >= 4 is 65.7 Å². The highest BCUT2D eigenvalue weighted by atomic mass is 16.3. The second-order valence-electron chi connectivity index (χ2n) is 12.0. The van der Waals surface area contributed by atoms with Gasteiger partial charge in [-0.25, -0.2) is 0 Å². The zero-order valence-corrected chi connectivity index (χ0v) is 25.1. The SMILES string of the molecule is N#Cc1ccc(-c2ccc3oc4ccc5oc6ccc(-c7ccccc7-n7c8ccccc8c8ccccc87)cc6c5c4c3c2)cc1. The van der Waals surface area contributed by atoms with Gasteiger partial charge in [-0.2, -0.15) is 5.26 Å². The fourth-order valence-electron chi connectivity index (χ4n) is 7.31. The zero-order valence-electron chi connectivity index (χ0n) is 25.1. The second-order valence-corrected chi connectivity index (χ2v) is 12.0. The van der Waals surface area contributed by atoms with Crippen LogP contribution >= 0.6 is 0 Å². The molecule has 3 heterocycles. The van der Waals surface area contributed by atoms with Crippen LogP contribution in [-0.2, 0) is 0 Å². The first-order chi connectivity index (χ1) is 23.2. The number of fused-ring (bicyclic) bond motifs is 10. The van der Waals surface area contributed by atoms with Gasteiger partial charge in [0.15, 0.2) is 0 Å². The molecule has 0 radical (unpaired) electrons. The molecule has 0 bridgehead atoms. The minimum atomic E-state index is 0.644. The summed E-state index contributed by atoms with van der Waals surface area (Å²) in [5.41, 5.74) is 11.8. The van der Waals surface area contributed by atoms with E-state index in [4.69, 9.17) is 8.83 Å². The van der Waals surface area contributed by atoms with Crippen molar-refractivity contribution < 1.29 is 8.83 Å². The Balaban J connectivity index is 1.22. The van der Waals surface area contributed by atoms with Crippen LogP contribution in [0.5, 0.6) is 0 Å². The number of nitriles is 1. The van der Waals surface area contributed by atoms with Crippen molar-refractivity contribution in [2.45, 2.75) is 0 Å². The Labute approximate surface area is 268 Å². The van der Waals surface area contributed by atoms with Crippen LogP contribution in [0.3, 0.4) is 0 Å². The average Bonchev–Trinajstić information content (AvgIpc) is 3.80. The molecule has 0 amide bonds. The number of benzene rings is 7. The Hall–Kier alpha value is -6.57. The third-order valence-electron chi connectivity index (χ3n) is 9.45. The van der Waals surface area contributed by atoms with E-state index < -0.39 is 0 Å². The third-order valence-corrected chi connectivity index (χ3v) is 9.45. The van der Waals surface area contributed by atoms with Crippen molar-refractivity contribution in [1.29, 1.82) is 5.26 Å². The lowest BCUT2D eigenvalue weighted by Gasteiger charge is -2.14. The molecule has 0 fully saturated rings. The van der Waals surface area contributed by atoms with Crippen LogP contribution in [-0.4, -0.2) is 4.57 Å². The van der Waals surface area contributed by atoms with Crippen molar-refractivity contribution in [3.8, 4) is 34.0 Å². The molecule has 218 valence electrons. The number of hydrogen-bond donors (Lipinski definition) is 0. The summed E-state index contributed by atoms with van der Waals surface area (Å²) in [6, 6.07) is 52.6. The second kappa shape index (κ2) is 9.71. The van der Waals surface area contributed by atoms with E-state index >= 15 is 0 Å². The molecule has 3 aromatic heterocycles. The molecule has 0 saturated carbocycles. The Kier molecular flexibility index (Phi) is 5.32. The number of nitrogens with zero attached hydrogens (tertiary/aromatic N) is 2. The predicted octanol–water partition coefficient (Wildman–Crippen LogP) is 11.8. The highest BCUT2D eigenvalue weighted by Gasteiger charge is 2.19. The summed E-state index contributed by atoms with van der Waals surface area (Å²) in [5, 5.41) is 15.9. The van der Waals surface area contributed by atoms with Gasteiger partial charge in [-0.15, -0.1) is 0 Å². The molecular formula is C43H24N2O2. The molecule has 0 N–H and O–H groups in total. The quantitative estimate of drug-likeness (QED) is 0.203. The van der Waals surface area contributed by atoms with Gasteiger partial charge in [-0.05, 0) is 83.4 Å². The molecule has 7 aromatic carbocycles. The molecular weight excluding hydrogens is 576 g/mol. The van der Waals surface area contributed by atoms with Crippen LogP contribution in [0.1, 0.15) is 5.56 Å². The number of furan rings is 2. The Bertz CT molecular complexity index is 2860. The van der Waals surface area contributed by atoms with Crippen LogP contribution in [0.4, 0.5) is 0 Å². The van der Waals surface area contributed by atoms with Crippen LogP contribution in [0.25, 0.3) is 93.6 Å². The lowest BCUT2D eigenvalue weighted by Crippen LogP contribution is -1.96. The van der Waals surface area contributed by atoms with Crippen LogP contribution in [0.15, 0.2) is 154 Å². The molecule has 0 saturated heterocycles. The van der Waals surface area contributed by atoms with Crippen LogP contribution in [0.2, 0.25) is 0 Å². The van der Waals surface area contributed by atoms with Crippen molar-refractivity contribution in [3.63, 3.8) is 0 Å². The average molecular weight is 601 g/mol. The van der Waals surface area contributed by atoms with Crippen LogP contribution in [0, 0.1) is 11.3 Å². The summed E-state index contributed by atoms with van der Waals surface area (Å²) >= 11 is 0. The summed E-state index contributed by atoms with van der Waals surface area (Å²) in [4.78, 5) is 0. The molecule has 0 aliphatic rings. The van der Waals surface area contributed by atoms with Gasteiger partial charge < -0.3 is 13.4 Å². The van der Waals surface area contributed by atoms with Gasteiger partial charge in [0.1, 0.15) is 22.3 Å². The lowest BCUT2D eigenvalue weighted by atomic mass is 9.98. The lowest BCUT2D eigenvalue weighted by molar-refractivity contribution is 0.663. The summed E-state index contributed by atoms with van der Waals surface area (Å²) in [6.45, 7) is 0. The summed E-state index contributed by atoms with van der Waals surface area (Å²) in [5.74, 6) is 0. The van der Waals surface area contributed by atoms with Crippen molar-refractivity contribution in [2.75, 3.05) is 0 Å². The zero-order chi connectivity index (χ0) is 31.1. The monoisotopic (exact) mass is 600 g/mol. The topological polar surface area (TPSA) is 55.0 Å². The molecule has 4 heteroatoms. The maximum atomic E-state index is 9.26. The highest BCUT2D eigenvalue weighted by molar-refractivity contribution is 6.26. The van der Waals surface area contributed by atoms with Crippen molar-refractivity contribution in [1.82, 2.24) is 4.57 Å². The number of para-hydroxylation sites is 3. The van der Waals surface area contributed by atoms with Gasteiger partial charge in [0.25, 0.3) is 0 Å². The highest BCUT2D eigenvalue weighted by Crippen LogP contribution is 2.43. The molecule has 47 heavy (non-hydrogen) atoms. The van der Waals surface area contributed by atoms with E-state index in [1.165, 1.54) is 21.8 Å². The molecule has 0 atom stereocenters. The fourth-order valence-corrected chi connectivity index (χ4v) is 7.31. The molecule has 10 rings (SSSR count). The standard InChI is InChI=1S/C43H24N2O2/c44-25-26-13-15-27(16-14-26)28-17-19-38-33(23-28)42-40(46-38)21-22-41-43(42)34-24-29(18-20-39(34)47-41)30-7-1-4-10-35(30)45-36-11-5-2-8-31(36)32-9-3-6-12-37(32)45/h1-24H. The van der Waals surface area contributed by atoms with Gasteiger partial charge in [0.05, 0.1) is 28.4 Å². The van der Waals surface area contributed by atoms with Gasteiger partial charge >= 0.3 is 0 Å². The first-order valence-corrected chi connectivity index (χ1v) is 15.7. The van der Waals surface area contributed by atoms with Gasteiger partial charge in [0.2, 0.25) is 0 Å². The van der Waals surface area contributed by atoms with Crippen molar-refractivity contribution in [3.05, 3.63) is 151 Å². The first kappa shape index (κ1) is 25.7. The number of aromatic nitrogens is 1. The van der Waals surface area contributed by atoms with Gasteiger partial charge in [-0.1, -0.05) is 78.9 Å². The first-order valence-electron chi connectivity index (χ1n) is 15.7. The Morgan fingerprint density at radius 2 is 0.957 bits per heavy atom. The molecule has 4 nitrogen and oxygen atoms in total. The molecule has 0 aliphatic heterocycles. The minimum Gasteiger partial charge on any atom is -0.456 e. The van der Waals surface area contributed by atoms with Gasteiger partial charge in [-0.3, -0.25) is 0 Å². The summed E-state index contributed by atoms with van der Waals surface area (Å²) in [6.07, 6.45) is 0. The predicted molar refractivity (Wildman–Crippen MR) is 191 cm³/mol.